The van der Waals surface area contributed by atoms with Gasteiger partial charge in [0.25, 0.3) is 0 Å². The highest BCUT2D eigenvalue weighted by Gasteiger charge is 2.13. The number of nitrogens with zero attached hydrogens (tertiary/aromatic N) is 2. The lowest BCUT2D eigenvalue weighted by atomic mass is 10.1. The maximum absolute atomic E-state index is 6.39. The topological polar surface area (TPSA) is 29.9 Å². The number of hydrogen-bond donors (Lipinski definition) is 1. The van der Waals surface area contributed by atoms with Crippen molar-refractivity contribution in [3.8, 4) is 0 Å². The van der Waals surface area contributed by atoms with Crippen LogP contribution >= 0.6 is 23.2 Å². The summed E-state index contributed by atoms with van der Waals surface area (Å²) in [4.78, 5) is 0. The van der Waals surface area contributed by atoms with Gasteiger partial charge in [0.15, 0.2) is 0 Å². The van der Waals surface area contributed by atoms with Crippen molar-refractivity contribution in [2.45, 2.75) is 45.8 Å². The molecule has 0 aliphatic heterocycles. The maximum atomic E-state index is 6.39. The molecule has 0 saturated heterocycles. The molecular weight excluding hydrogens is 305 g/mol. The van der Waals surface area contributed by atoms with E-state index in [1.165, 1.54) is 5.56 Å². The summed E-state index contributed by atoms with van der Waals surface area (Å²) in [5.41, 5.74) is 4.41. The minimum absolute atomic E-state index is 0.554. The van der Waals surface area contributed by atoms with Gasteiger partial charge in [-0.3, -0.25) is 4.68 Å². The van der Waals surface area contributed by atoms with E-state index in [1.54, 1.807) is 0 Å². The van der Waals surface area contributed by atoms with Crippen molar-refractivity contribution in [2.24, 2.45) is 0 Å². The monoisotopic (exact) mass is 325 g/mol. The second-order valence-electron chi connectivity index (χ2n) is 4.93. The van der Waals surface area contributed by atoms with E-state index in [4.69, 9.17) is 23.2 Å². The number of hydrogen-bond acceptors (Lipinski definition) is 2. The van der Waals surface area contributed by atoms with Crippen LogP contribution in [0.1, 0.15) is 36.4 Å². The van der Waals surface area contributed by atoms with Crippen LogP contribution in [0.25, 0.3) is 0 Å². The summed E-state index contributed by atoms with van der Waals surface area (Å²) < 4.78 is 1.98. The van der Waals surface area contributed by atoms with Crippen molar-refractivity contribution in [3.05, 3.63) is 51.8 Å². The predicted molar refractivity (Wildman–Crippen MR) is 88.8 cm³/mol. The first-order valence-electron chi connectivity index (χ1n) is 7.28. The van der Waals surface area contributed by atoms with Gasteiger partial charge in [-0.05, 0) is 24.5 Å². The number of rotatable bonds is 7. The molecule has 0 atom stereocenters. The normalized spacial score (nSPS) is 11.0. The van der Waals surface area contributed by atoms with Gasteiger partial charge in [0.05, 0.1) is 16.4 Å². The first kappa shape index (κ1) is 16.3. The molecule has 2 rings (SSSR count). The van der Waals surface area contributed by atoms with Crippen molar-refractivity contribution in [2.75, 3.05) is 0 Å². The molecule has 0 spiro atoms. The van der Waals surface area contributed by atoms with Gasteiger partial charge in [-0.2, -0.15) is 5.10 Å². The number of nitrogens with one attached hydrogen (secondary N) is 1. The SMILES string of the molecule is CCc1nn(CC)c(CNCc2ccc(CCl)cc2)c1Cl. The maximum Gasteiger partial charge on any atom is 0.0863 e. The highest BCUT2D eigenvalue weighted by atomic mass is 35.5. The van der Waals surface area contributed by atoms with Crippen LogP contribution in [0.5, 0.6) is 0 Å². The van der Waals surface area contributed by atoms with Gasteiger partial charge in [-0.25, -0.2) is 0 Å². The van der Waals surface area contributed by atoms with Gasteiger partial charge in [0, 0.05) is 25.5 Å². The summed E-state index contributed by atoms with van der Waals surface area (Å²) in [6.07, 6.45) is 0.860. The van der Waals surface area contributed by atoms with E-state index in [9.17, 15) is 0 Å². The van der Waals surface area contributed by atoms with Gasteiger partial charge < -0.3 is 5.32 Å². The third-order valence-corrected chi connectivity index (χ3v) is 4.24. The van der Waals surface area contributed by atoms with Crippen LogP contribution in [0.3, 0.4) is 0 Å². The summed E-state index contributed by atoms with van der Waals surface area (Å²) in [7, 11) is 0. The summed E-state index contributed by atoms with van der Waals surface area (Å²) in [6, 6.07) is 8.31. The first-order chi connectivity index (χ1) is 10.2. The van der Waals surface area contributed by atoms with Gasteiger partial charge in [0.1, 0.15) is 0 Å². The third kappa shape index (κ3) is 4.00. The lowest BCUT2D eigenvalue weighted by Crippen LogP contribution is -2.16. The molecule has 1 aromatic heterocycles. The molecule has 0 amide bonds. The summed E-state index contributed by atoms with van der Waals surface area (Å²) in [5, 5.41) is 8.75. The van der Waals surface area contributed by atoms with Crippen LogP contribution in [0.4, 0.5) is 0 Å². The molecule has 1 aromatic carbocycles. The van der Waals surface area contributed by atoms with Crippen molar-refractivity contribution in [3.63, 3.8) is 0 Å². The molecule has 0 radical (unpaired) electrons. The number of aromatic nitrogens is 2. The minimum atomic E-state index is 0.554. The fourth-order valence-corrected chi connectivity index (χ4v) is 2.77. The van der Waals surface area contributed by atoms with Gasteiger partial charge in [0.2, 0.25) is 0 Å². The Hall–Kier alpha value is -1.03. The standard InChI is InChI=1S/C16H21Cl2N3/c1-3-14-16(18)15(21(4-2)20-14)11-19-10-13-7-5-12(9-17)6-8-13/h5-8,19H,3-4,9-11H2,1-2H3. The Morgan fingerprint density at radius 2 is 1.76 bits per heavy atom. The molecule has 114 valence electrons. The number of alkyl halides is 1. The Morgan fingerprint density at radius 3 is 2.33 bits per heavy atom. The molecule has 0 fully saturated rings. The molecule has 0 bridgehead atoms. The lowest BCUT2D eigenvalue weighted by Gasteiger charge is -2.08. The van der Waals surface area contributed by atoms with Crippen LogP contribution in [0, 0.1) is 0 Å². The lowest BCUT2D eigenvalue weighted by molar-refractivity contribution is 0.577. The van der Waals surface area contributed by atoms with E-state index in [1.807, 2.05) is 4.68 Å². The Kier molecular flexibility index (Phi) is 6.09. The molecule has 21 heavy (non-hydrogen) atoms. The zero-order valence-corrected chi connectivity index (χ0v) is 14.0. The zero-order valence-electron chi connectivity index (χ0n) is 12.5. The molecule has 0 saturated carbocycles. The van der Waals surface area contributed by atoms with Crippen molar-refractivity contribution in [1.82, 2.24) is 15.1 Å². The van der Waals surface area contributed by atoms with Gasteiger partial charge in [-0.1, -0.05) is 42.8 Å². The van der Waals surface area contributed by atoms with Gasteiger partial charge in [-0.15, -0.1) is 11.6 Å². The van der Waals surface area contributed by atoms with E-state index in [-0.39, 0.29) is 0 Å². The van der Waals surface area contributed by atoms with E-state index >= 15 is 0 Å². The molecule has 2 aromatic rings. The molecule has 0 aliphatic carbocycles. The predicted octanol–water partition coefficient (Wildman–Crippen LogP) is 4.15. The van der Waals surface area contributed by atoms with E-state index in [0.29, 0.717) is 5.88 Å². The second kappa shape index (κ2) is 7.83. The van der Waals surface area contributed by atoms with Gasteiger partial charge >= 0.3 is 0 Å². The average molecular weight is 326 g/mol. The summed E-state index contributed by atoms with van der Waals surface area (Å²) >= 11 is 12.2. The molecular formula is C16H21Cl2N3. The smallest absolute Gasteiger partial charge is 0.0863 e. The quantitative estimate of drug-likeness (QED) is 0.775. The Balaban J connectivity index is 1.97. The molecule has 0 unspecified atom stereocenters. The fourth-order valence-electron chi connectivity index (χ4n) is 2.26. The first-order valence-corrected chi connectivity index (χ1v) is 8.19. The molecule has 3 nitrogen and oxygen atoms in total. The molecule has 1 N–H and O–H groups in total. The van der Waals surface area contributed by atoms with Crippen LogP contribution in [0.2, 0.25) is 5.02 Å². The van der Waals surface area contributed by atoms with Crippen LogP contribution in [-0.4, -0.2) is 9.78 Å². The second-order valence-corrected chi connectivity index (χ2v) is 5.58. The van der Waals surface area contributed by atoms with Crippen LogP contribution < -0.4 is 5.32 Å². The molecule has 5 heteroatoms. The molecule has 1 heterocycles. The number of aryl methyl sites for hydroxylation is 2. The summed E-state index contributed by atoms with van der Waals surface area (Å²) in [5.74, 6) is 0.554. The summed E-state index contributed by atoms with van der Waals surface area (Å²) in [6.45, 7) is 6.51. The van der Waals surface area contributed by atoms with Crippen molar-refractivity contribution >= 4 is 23.2 Å². The van der Waals surface area contributed by atoms with E-state index in [0.717, 1.165) is 48.0 Å². The fraction of sp³-hybridized carbons (Fsp3) is 0.438. The van der Waals surface area contributed by atoms with Crippen molar-refractivity contribution in [1.29, 1.82) is 0 Å². The highest BCUT2D eigenvalue weighted by molar-refractivity contribution is 6.31. The van der Waals surface area contributed by atoms with E-state index < -0.39 is 0 Å². The highest BCUT2D eigenvalue weighted by Crippen LogP contribution is 2.21. The Labute approximate surface area is 136 Å². The van der Waals surface area contributed by atoms with Crippen LogP contribution in [0.15, 0.2) is 24.3 Å². The zero-order chi connectivity index (χ0) is 15.2. The average Bonchev–Trinajstić information content (AvgIpc) is 2.84. The van der Waals surface area contributed by atoms with Crippen molar-refractivity contribution < 1.29 is 0 Å². The molecule has 0 aliphatic rings. The van der Waals surface area contributed by atoms with E-state index in [2.05, 4.69) is 48.5 Å². The Morgan fingerprint density at radius 1 is 1.10 bits per heavy atom. The Bertz CT molecular complexity index is 576. The van der Waals surface area contributed by atoms with Crippen LogP contribution in [-0.2, 0) is 31.9 Å². The minimum Gasteiger partial charge on any atom is -0.307 e. The largest absolute Gasteiger partial charge is 0.307 e. The number of benzene rings is 1. The number of halogens is 2. The third-order valence-electron chi connectivity index (χ3n) is 3.49.